The van der Waals surface area contributed by atoms with Crippen molar-refractivity contribution in [3.05, 3.63) is 59.2 Å². The number of anilines is 1. The van der Waals surface area contributed by atoms with E-state index in [1.54, 1.807) is 24.1 Å². The number of piperidine rings is 1. The first-order chi connectivity index (χ1) is 23.8. The van der Waals surface area contributed by atoms with Crippen molar-refractivity contribution in [1.29, 1.82) is 0 Å². The highest BCUT2D eigenvalue weighted by Gasteiger charge is 2.58. The molecule has 1 aliphatic carbocycles. The summed E-state index contributed by atoms with van der Waals surface area (Å²) in [5.41, 5.74) is -1.25. The van der Waals surface area contributed by atoms with Crippen LogP contribution in [0.4, 0.5) is 23.2 Å². The molecule has 0 unspecified atom stereocenters. The molecule has 274 valence electrons. The minimum atomic E-state index is -4.56. The van der Waals surface area contributed by atoms with Crippen LogP contribution in [0.3, 0.4) is 0 Å². The molecule has 0 aromatic heterocycles. The van der Waals surface area contributed by atoms with Gasteiger partial charge in [0.05, 0.1) is 31.2 Å². The van der Waals surface area contributed by atoms with Crippen molar-refractivity contribution < 1.29 is 41.7 Å². The molecule has 0 bridgehead atoms. The van der Waals surface area contributed by atoms with Gasteiger partial charge in [-0.05, 0) is 86.3 Å². The summed E-state index contributed by atoms with van der Waals surface area (Å²) >= 11 is 0. The van der Waals surface area contributed by atoms with Gasteiger partial charge >= 0.3 is 12.1 Å². The van der Waals surface area contributed by atoms with E-state index >= 15 is 4.39 Å². The molecule has 4 fully saturated rings. The van der Waals surface area contributed by atoms with Gasteiger partial charge in [0.2, 0.25) is 5.67 Å². The molecular weight excluding hydrogens is 654 g/mol. The summed E-state index contributed by atoms with van der Waals surface area (Å²) in [7, 11) is 3.10. The van der Waals surface area contributed by atoms with Crippen molar-refractivity contribution in [2.75, 3.05) is 58.5 Å². The number of rotatable bonds is 9. The van der Waals surface area contributed by atoms with Gasteiger partial charge in [0.15, 0.2) is 0 Å². The number of alkyl halides is 4. The lowest BCUT2D eigenvalue weighted by atomic mass is 9.85. The molecule has 2 aromatic rings. The average molecular weight is 704 g/mol. The van der Waals surface area contributed by atoms with Crippen LogP contribution in [0.25, 0.3) is 0 Å². The number of amides is 1. The number of hydrogen-bond donors (Lipinski definition) is 1. The fourth-order valence-corrected chi connectivity index (χ4v) is 8.84. The van der Waals surface area contributed by atoms with Crippen LogP contribution >= 0.6 is 0 Å². The lowest BCUT2D eigenvalue weighted by molar-refractivity contribution is -0.146. The molecule has 12 heteroatoms. The number of carboxylic acids is 1. The lowest BCUT2D eigenvalue weighted by Gasteiger charge is -2.35. The highest BCUT2D eigenvalue weighted by atomic mass is 19.4. The predicted molar refractivity (Wildman–Crippen MR) is 181 cm³/mol. The average Bonchev–Trinajstić information content (AvgIpc) is 3.69. The quantitative estimate of drug-likeness (QED) is 0.290. The van der Waals surface area contributed by atoms with Crippen molar-refractivity contribution >= 4 is 17.6 Å². The van der Waals surface area contributed by atoms with Gasteiger partial charge in [0.25, 0.3) is 5.91 Å². The molecule has 1 N–H and O–H groups in total. The Labute approximate surface area is 291 Å². The summed E-state index contributed by atoms with van der Waals surface area (Å²) in [4.78, 5) is 31.9. The van der Waals surface area contributed by atoms with E-state index in [0.717, 1.165) is 43.4 Å². The smallest absolute Gasteiger partial charge is 0.416 e. The second-order valence-corrected chi connectivity index (χ2v) is 14.9. The molecule has 6 rings (SSSR count). The van der Waals surface area contributed by atoms with Crippen LogP contribution in [-0.4, -0.2) is 98.1 Å². The monoisotopic (exact) mass is 703 g/mol. The molecule has 2 aromatic carbocycles. The third-order valence-electron chi connectivity index (χ3n) is 11.8. The molecule has 1 amide bonds. The lowest BCUT2D eigenvalue weighted by Crippen LogP contribution is -2.53. The van der Waals surface area contributed by atoms with E-state index in [4.69, 9.17) is 9.47 Å². The first kappa shape index (κ1) is 36.4. The van der Waals surface area contributed by atoms with E-state index in [1.807, 2.05) is 17.0 Å². The normalized spacial score (nSPS) is 29.8. The Kier molecular flexibility index (Phi) is 10.7. The van der Waals surface area contributed by atoms with E-state index in [2.05, 4.69) is 11.8 Å². The highest BCUT2D eigenvalue weighted by Crippen LogP contribution is 2.47. The van der Waals surface area contributed by atoms with Gasteiger partial charge < -0.3 is 24.4 Å². The Morgan fingerprint density at radius 2 is 1.64 bits per heavy atom. The molecule has 4 aliphatic rings. The van der Waals surface area contributed by atoms with Gasteiger partial charge in [0.1, 0.15) is 5.75 Å². The third-order valence-corrected chi connectivity index (χ3v) is 11.8. The topological polar surface area (TPSA) is 82.5 Å². The number of benzene rings is 2. The molecule has 0 spiro atoms. The maximum absolute atomic E-state index is 17.9. The van der Waals surface area contributed by atoms with Gasteiger partial charge in [-0.25, -0.2) is 4.39 Å². The van der Waals surface area contributed by atoms with Crippen LogP contribution in [0.2, 0.25) is 0 Å². The Balaban J connectivity index is 1.31. The number of likely N-dealkylation sites (tertiary alicyclic amines) is 2. The van der Waals surface area contributed by atoms with Gasteiger partial charge in [-0.3, -0.25) is 14.5 Å². The summed E-state index contributed by atoms with van der Waals surface area (Å²) in [5.74, 6) is -1.87. The van der Waals surface area contributed by atoms with E-state index in [1.165, 1.54) is 13.2 Å². The minimum absolute atomic E-state index is 0.0213. The number of hydrogen-bond acceptors (Lipinski definition) is 6. The van der Waals surface area contributed by atoms with Crippen molar-refractivity contribution in [3.8, 4) is 5.75 Å². The van der Waals surface area contributed by atoms with Crippen LogP contribution in [0.5, 0.6) is 5.75 Å². The third kappa shape index (κ3) is 7.33. The Morgan fingerprint density at radius 1 is 0.960 bits per heavy atom. The maximum Gasteiger partial charge on any atom is 0.416 e. The zero-order chi connectivity index (χ0) is 35.8. The molecule has 3 heterocycles. The molecule has 50 heavy (non-hydrogen) atoms. The standard InChI is InChI=1S/C38H49F4N3O5/c1-24-4-9-29(10-5-24)44-21-33(25-6-11-31(50-3)12-7-25)37(39,23-44)36(48)45-20-27(18-30(45)22-49-2)32-13-8-28(38(40,41)42)19-34(32)43-16-14-26(15-17-43)35(46)47/h6-8,11-13,19,24,26-27,29-30,33H,4-5,9-10,14-18,20-23H2,1-3H3,(H,46,47)/t24?,27-,29?,30+,33+,37+/m1/s1. The fourth-order valence-electron chi connectivity index (χ4n) is 8.84. The number of halogens is 4. The van der Waals surface area contributed by atoms with Crippen LogP contribution < -0.4 is 9.64 Å². The summed E-state index contributed by atoms with van der Waals surface area (Å²) in [6, 6.07) is 10.6. The Bertz CT molecular complexity index is 1510. The molecule has 1 saturated carbocycles. The number of nitrogens with zero attached hydrogens (tertiary/aromatic N) is 3. The molecule has 3 aliphatic heterocycles. The Morgan fingerprint density at radius 3 is 2.24 bits per heavy atom. The molecule has 4 atom stereocenters. The number of aliphatic carboxylic acids is 1. The van der Waals surface area contributed by atoms with E-state index < -0.39 is 47.2 Å². The molecule has 3 saturated heterocycles. The number of carbonyl (C=O) groups is 2. The summed E-state index contributed by atoms with van der Waals surface area (Å²) in [6.07, 6.45) is 0.518. The molecule has 8 nitrogen and oxygen atoms in total. The second-order valence-electron chi connectivity index (χ2n) is 14.9. The fraction of sp³-hybridized carbons (Fsp3) is 0.632. The largest absolute Gasteiger partial charge is 0.497 e. The maximum atomic E-state index is 17.9. The second kappa shape index (κ2) is 14.7. The van der Waals surface area contributed by atoms with Crippen molar-refractivity contribution in [2.24, 2.45) is 11.8 Å². The van der Waals surface area contributed by atoms with Gasteiger partial charge in [-0.2, -0.15) is 13.2 Å². The van der Waals surface area contributed by atoms with E-state index in [0.29, 0.717) is 61.8 Å². The van der Waals surface area contributed by atoms with Crippen LogP contribution in [0.1, 0.15) is 80.4 Å². The number of carboxylic acid groups (broad SMARTS) is 1. The summed E-state index contributed by atoms with van der Waals surface area (Å²) in [5, 5.41) is 9.50. The van der Waals surface area contributed by atoms with Gasteiger partial charge in [0, 0.05) is 63.4 Å². The van der Waals surface area contributed by atoms with Crippen molar-refractivity contribution in [2.45, 2.75) is 87.6 Å². The molecular formula is C38H49F4N3O5. The van der Waals surface area contributed by atoms with Crippen LogP contribution in [0, 0.1) is 11.8 Å². The van der Waals surface area contributed by atoms with Crippen molar-refractivity contribution in [1.82, 2.24) is 9.80 Å². The summed E-state index contributed by atoms with van der Waals surface area (Å²) < 4.78 is 70.6. The zero-order valence-corrected chi connectivity index (χ0v) is 29.1. The van der Waals surface area contributed by atoms with Crippen molar-refractivity contribution in [3.63, 3.8) is 0 Å². The zero-order valence-electron chi connectivity index (χ0n) is 29.1. The molecule has 0 radical (unpaired) electrons. The van der Waals surface area contributed by atoms with Crippen LogP contribution in [0.15, 0.2) is 42.5 Å². The summed E-state index contributed by atoms with van der Waals surface area (Å²) in [6.45, 7) is 3.53. The Hall–Kier alpha value is -3.38. The number of carbonyl (C=O) groups excluding carboxylic acids is 1. The number of ether oxygens (including phenoxy) is 2. The predicted octanol–water partition coefficient (Wildman–Crippen LogP) is 6.73. The highest BCUT2D eigenvalue weighted by molar-refractivity contribution is 5.88. The first-order valence-corrected chi connectivity index (χ1v) is 17.9. The first-order valence-electron chi connectivity index (χ1n) is 17.9. The van der Waals surface area contributed by atoms with Gasteiger partial charge in [-0.15, -0.1) is 0 Å². The van der Waals surface area contributed by atoms with Gasteiger partial charge in [-0.1, -0.05) is 25.1 Å². The van der Waals surface area contributed by atoms with E-state index in [-0.39, 0.29) is 31.7 Å². The SMILES string of the molecule is COC[C@@H]1C[C@@H](c2ccc(C(F)(F)F)cc2N2CCC(C(=O)O)CC2)CN1C(=O)[C@]1(F)CN(C2CCC(C)CC2)C[C@H]1c1ccc(OC)cc1. The van der Waals surface area contributed by atoms with Crippen LogP contribution in [-0.2, 0) is 20.5 Å². The van der Waals surface area contributed by atoms with E-state index in [9.17, 15) is 27.9 Å². The minimum Gasteiger partial charge on any atom is -0.497 e. The number of methoxy groups -OCH3 is 2.